The molecule has 36 heavy (non-hydrogen) atoms. The molecule has 0 aliphatic heterocycles. The van der Waals surface area contributed by atoms with Crippen LogP contribution in [0.2, 0.25) is 0 Å². The van der Waals surface area contributed by atoms with Crippen LogP contribution in [0.5, 0.6) is 28.7 Å². The minimum atomic E-state index is -0.0632. The van der Waals surface area contributed by atoms with E-state index in [1.165, 1.54) is 12.1 Å². The van der Waals surface area contributed by atoms with E-state index in [1.807, 2.05) is 12.1 Å². The first-order valence-electron chi connectivity index (χ1n) is 11.1. The van der Waals surface area contributed by atoms with Crippen LogP contribution in [0.3, 0.4) is 0 Å². The van der Waals surface area contributed by atoms with Gasteiger partial charge < -0.3 is 24.4 Å². The molecular formula is C28H25N3O5. The van der Waals surface area contributed by atoms with Crippen LogP contribution < -0.4 is 14.2 Å². The predicted octanol–water partition coefficient (Wildman–Crippen LogP) is 5.42. The molecule has 0 saturated carbocycles. The third-order valence-electron chi connectivity index (χ3n) is 5.14. The average molecular weight is 484 g/mol. The van der Waals surface area contributed by atoms with E-state index in [0.717, 1.165) is 0 Å². The van der Waals surface area contributed by atoms with Crippen molar-refractivity contribution >= 4 is 0 Å². The number of phenols is 2. The second kappa shape index (κ2) is 11.1. The van der Waals surface area contributed by atoms with E-state index >= 15 is 0 Å². The molecule has 8 heteroatoms. The van der Waals surface area contributed by atoms with Crippen molar-refractivity contribution in [3.8, 4) is 62.9 Å². The Kier molecular flexibility index (Phi) is 7.45. The van der Waals surface area contributed by atoms with Gasteiger partial charge in [-0.3, -0.25) is 0 Å². The van der Waals surface area contributed by atoms with Crippen LogP contribution in [-0.4, -0.2) is 45.5 Å². The minimum Gasteiger partial charge on any atom is -0.507 e. The fourth-order valence-corrected chi connectivity index (χ4v) is 3.38. The molecule has 1 heterocycles. The van der Waals surface area contributed by atoms with Crippen LogP contribution in [0, 0.1) is 0 Å². The van der Waals surface area contributed by atoms with Gasteiger partial charge in [-0.05, 0) is 48.5 Å². The Morgan fingerprint density at radius 2 is 1.11 bits per heavy atom. The fraction of sp³-hybridized carbons (Fsp3) is 0.107. The van der Waals surface area contributed by atoms with Crippen LogP contribution >= 0.6 is 0 Å². The number of rotatable bonds is 10. The summed E-state index contributed by atoms with van der Waals surface area (Å²) < 4.78 is 16.2. The van der Waals surface area contributed by atoms with E-state index < -0.39 is 0 Å². The van der Waals surface area contributed by atoms with Gasteiger partial charge in [0, 0.05) is 17.7 Å². The SMILES string of the molecule is C=CCOc1ccc(-c2nc(-c3ccc(OC)cc3)nc(-c3ccc(OCC=C)cc3O)n2)c(O)c1. The Bertz CT molecular complexity index is 1310. The topological polar surface area (TPSA) is 107 Å². The predicted molar refractivity (Wildman–Crippen MR) is 137 cm³/mol. The molecule has 182 valence electrons. The lowest BCUT2D eigenvalue weighted by molar-refractivity contribution is 0.360. The Morgan fingerprint density at radius 1 is 0.667 bits per heavy atom. The summed E-state index contributed by atoms with van der Waals surface area (Å²) in [7, 11) is 1.59. The van der Waals surface area contributed by atoms with Crippen LogP contribution in [0.25, 0.3) is 34.2 Å². The third kappa shape index (κ3) is 5.44. The summed E-state index contributed by atoms with van der Waals surface area (Å²) in [5.41, 5.74) is 1.46. The Balaban J connectivity index is 1.82. The molecule has 0 aliphatic rings. The molecule has 0 fully saturated rings. The van der Waals surface area contributed by atoms with Gasteiger partial charge in [-0.25, -0.2) is 15.0 Å². The first kappa shape index (κ1) is 24.3. The highest BCUT2D eigenvalue weighted by Crippen LogP contribution is 2.35. The summed E-state index contributed by atoms with van der Waals surface area (Å²) in [6.45, 7) is 7.86. The summed E-state index contributed by atoms with van der Waals surface area (Å²) in [4.78, 5) is 13.8. The van der Waals surface area contributed by atoms with E-state index in [4.69, 9.17) is 14.2 Å². The number of phenolic OH excluding ortho intramolecular Hbond substituents is 2. The Hall–Kier alpha value is -4.85. The van der Waals surface area contributed by atoms with Gasteiger partial charge in [0.1, 0.15) is 42.0 Å². The number of methoxy groups -OCH3 is 1. The zero-order valence-corrected chi connectivity index (χ0v) is 19.7. The van der Waals surface area contributed by atoms with Crippen molar-refractivity contribution in [1.82, 2.24) is 15.0 Å². The molecule has 0 saturated heterocycles. The second-order valence-electron chi connectivity index (χ2n) is 7.59. The number of ether oxygens (including phenoxy) is 3. The molecule has 0 radical (unpaired) electrons. The monoisotopic (exact) mass is 483 g/mol. The van der Waals surface area contributed by atoms with Crippen LogP contribution in [0.4, 0.5) is 0 Å². The molecule has 0 aliphatic carbocycles. The van der Waals surface area contributed by atoms with Crippen molar-refractivity contribution < 1.29 is 24.4 Å². The highest BCUT2D eigenvalue weighted by molar-refractivity contribution is 5.72. The van der Waals surface area contributed by atoms with Gasteiger partial charge in [-0.1, -0.05) is 25.3 Å². The highest BCUT2D eigenvalue weighted by atomic mass is 16.5. The summed E-state index contributed by atoms with van der Waals surface area (Å²) in [5, 5.41) is 21.4. The van der Waals surface area contributed by atoms with Crippen molar-refractivity contribution in [3.63, 3.8) is 0 Å². The van der Waals surface area contributed by atoms with Gasteiger partial charge in [0.2, 0.25) is 0 Å². The van der Waals surface area contributed by atoms with Gasteiger partial charge in [0.25, 0.3) is 0 Å². The van der Waals surface area contributed by atoms with E-state index in [-0.39, 0.29) is 23.1 Å². The largest absolute Gasteiger partial charge is 0.507 e. The van der Waals surface area contributed by atoms with Crippen molar-refractivity contribution in [2.24, 2.45) is 0 Å². The molecule has 8 nitrogen and oxygen atoms in total. The van der Waals surface area contributed by atoms with E-state index in [2.05, 4.69) is 28.1 Å². The van der Waals surface area contributed by atoms with Gasteiger partial charge in [0.15, 0.2) is 17.5 Å². The average Bonchev–Trinajstić information content (AvgIpc) is 2.90. The molecule has 1 aromatic heterocycles. The number of benzene rings is 3. The number of nitrogens with zero attached hydrogens (tertiary/aromatic N) is 3. The summed E-state index contributed by atoms with van der Waals surface area (Å²) in [5.74, 6) is 2.33. The lowest BCUT2D eigenvalue weighted by atomic mass is 10.1. The van der Waals surface area contributed by atoms with Gasteiger partial charge in [-0.15, -0.1) is 0 Å². The standard InChI is InChI=1S/C28H25N3O5/c1-4-14-35-20-10-12-22(24(32)16-20)27-29-26(18-6-8-19(34-3)9-7-18)30-28(31-27)23-13-11-21(17-25(23)33)36-15-5-2/h4-13,16-17,32-33H,1-2,14-15H2,3H3. The lowest BCUT2D eigenvalue weighted by Gasteiger charge is -2.12. The lowest BCUT2D eigenvalue weighted by Crippen LogP contribution is -2.01. The maximum atomic E-state index is 10.7. The zero-order chi connectivity index (χ0) is 25.5. The van der Waals surface area contributed by atoms with Gasteiger partial charge in [0.05, 0.1) is 18.2 Å². The molecular weight excluding hydrogens is 458 g/mol. The van der Waals surface area contributed by atoms with Crippen molar-refractivity contribution in [2.45, 2.75) is 0 Å². The smallest absolute Gasteiger partial charge is 0.167 e. The first-order chi connectivity index (χ1) is 17.5. The Labute approximate surface area is 208 Å². The number of hydrogen-bond acceptors (Lipinski definition) is 8. The van der Waals surface area contributed by atoms with Crippen molar-refractivity contribution in [2.75, 3.05) is 20.3 Å². The van der Waals surface area contributed by atoms with E-state index in [0.29, 0.717) is 53.0 Å². The minimum absolute atomic E-state index is 0.0632. The number of aromatic nitrogens is 3. The number of aromatic hydroxyl groups is 2. The summed E-state index contributed by atoms with van der Waals surface area (Å²) in [6, 6.07) is 16.9. The molecule has 0 spiro atoms. The second-order valence-corrected chi connectivity index (χ2v) is 7.59. The normalized spacial score (nSPS) is 10.5. The maximum absolute atomic E-state index is 10.7. The highest BCUT2D eigenvalue weighted by Gasteiger charge is 2.17. The molecule has 0 unspecified atom stereocenters. The fourth-order valence-electron chi connectivity index (χ4n) is 3.38. The molecule has 0 atom stereocenters. The summed E-state index contributed by atoms with van der Waals surface area (Å²) in [6.07, 6.45) is 3.23. The third-order valence-corrected chi connectivity index (χ3v) is 5.14. The molecule has 0 bridgehead atoms. The van der Waals surface area contributed by atoms with Crippen LogP contribution in [0.15, 0.2) is 86.0 Å². The molecule has 4 rings (SSSR count). The first-order valence-corrected chi connectivity index (χ1v) is 11.1. The quantitative estimate of drug-likeness (QED) is 0.288. The molecule has 3 aromatic carbocycles. The van der Waals surface area contributed by atoms with E-state index in [1.54, 1.807) is 55.7 Å². The Morgan fingerprint density at radius 3 is 1.53 bits per heavy atom. The van der Waals surface area contributed by atoms with Crippen molar-refractivity contribution in [1.29, 1.82) is 0 Å². The molecule has 0 amide bonds. The maximum Gasteiger partial charge on any atom is 0.167 e. The number of hydrogen-bond donors (Lipinski definition) is 2. The zero-order valence-electron chi connectivity index (χ0n) is 19.7. The van der Waals surface area contributed by atoms with Gasteiger partial charge in [-0.2, -0.15) is 0 Å². The molecule has 2 N–H and O–H groups in total. The summed E-state index contributed by atoms with van der Waals surface area (Å²) >= 11 is 0. The van der Waals surface area contributed by atoms with Crippen LogP contribution in [-0.2, 0) is 0 Å². The van der Waals surface area contributed by atoms with Crippen molar-refractivity contribution in [3.05, 3.63) is 86.0 Å². The molecule has 4 aromatic rings. The van der Waals surface area contributed by atoms with Gasteiger partial charge >= 0.3 is 0 Å². The van der Waals surface area contributed by atoms with E-state index in [9.17, 15) is 10.2 Å². The van der Waals surface area contributed by atoms with Crippen LogP contribution in [0.1, 0.15) is 0 Å².